The van der Waals surface area contributed by atoms with Crippen LogP contribution in [0.2, 0.25) is 0 Å². The first-order chi connectivity index (χ1) is 12.2. The van der Waals surface area contributed by atoms with E-state index in [2.05, 4.69) is 17.4 Å². The number of fused-ring (bicyclic) bond motifs is 1. The van der Waals surface area contributed by atoms with Gasteiger partial charge in [0.05, 0.1) is 6.10 Å². The Bertz CT molecular complexity index is 802. The van der Waals surface area contributed by atoms with Gasteiger partial charge in [-0.3, -0.25) is 9.59 Å². The first-order valence-electron chi connectivity index (χ1n) is 8.83. The molecule has 1 aromatic heterocycles. The Kier molecular flexibility index (Phi) is 4.40. The van der Waals surface area contributed by atoms with Crippen molar-refractivity contribution in [2.45, 2.75) is 31.5 Å². The van der Waals surface area contributed by atoms with Gasteiger partial charge < -0.3 is 14.6 Å². The number of nitrogens with one attached hydrogen (secondary N) is 1. The number of hydrogen-bond donors (Lipinski definition) is 1. The van der Waals surface area contributed by atoms with Crippen molar-refractivity contribution in [3.8, 4) is 0 Å². The van der Waals surface area contributed by atoms with Gasteiger partial charge in [-0.05, 0) is 24.5 Å². The molecule has 1 aliphatic carbocycles. The van der Waals surface area contributed by atoms with Gasteiger partial charge in [0.25, 0.3) is 5.56 Å². The van der Waals surface area contributed by atoms with E-state index in [9.17, 15) is 9.59 Å². The highest BCUT2D eigenvalue weighted by atomic mass is 16.5. The molecule has 4 atom stereocenters. The zero-order valence-electron chi connectivity index (χ0n) is 14.0. The fraction of sp³-hybridized carbons (Fsp3) is 0.400. The Hall–Kier alpha value is -2.40. The molecule has 130 valence electrons. The number of nitrogens with zero attached hydrogens (tertiary/aromatic N) is 1. The highest BCUT2D eigenvalue weighted by Crippen LogP contribution is 2.45. The van der Waals surface area contributed by atoms with E-state index in [4.69, 9.17) is 4.74 Å². The lowest BCUT2D eigenvalue weighted by molar-refractivity contribution is -0.127. The maximum absolute atomic E-state index is 12.4. The molecular formula is C20H22N2O3. The summed E-state index contributed by atoms with van der Waals surface area (Å²) in [5.74, 6) is 0.582. The molecule has 2 fully saturated rings. The summed E-state index contributed by atoms with van der Waals surface area (Å²) in [6.45, 7) is 0.831. The molecule has 0 bridgehead atoms. The molecule has 1 amide bonds. The normalized spacial score (nSPS) is 27.4. The third kappa shape index (κ3) is 3.24. The molecule has 1 aliphatic heterocycles. The van der Waals surface area contributed by atoms with Crippen LogP contribution in [0.15, 0.2) is 59.5 Å². The summed E-state index contributed by atoms with van der Waals surface area (Å²) in [6, 6.07) is 15.4. The lowest BCUT2D eigenvalue weighted by Gasteiger charge is -2.48. The quantitative estimate of drug-likeness (QED) is 0.901. The minimum Gasteiger partial charge on any atom is -0.377 e. The third-order valence-electron chi connectivity index (χ3n) is 5.38. The van der Waals surface area contributed by atoms with Gasteiger partial charge in [-0.15, -0.1) is 0 Å². The number of benzene rings is 1. The van der Waals surface area contributed by atoms with Crippen LogP contribution in [0.25, 0.3) is 0 Å². The van der Waals surface area contributed by atoms with Crippen molar-refractivity contribution in [1.29, 1.82) is 0 Å². The number of pyridine rings is 1. The average Bonchev–Trinajstić information content (AvgIpc) is 3.05. The number of aromatic nitrogens is 1. The van der Waals surface area contributed by atoms with Gasteiger partial charge in [0, 0.05) is 36.7 Å². The van der Waals surface area contributed by atoms with Crippen molar-refractivity contribution < 1.29 is 9.53 Å². The summed E-state index contributed by atoms with van der Waals surface area (Å²) in [4.78, 5) is 24.2. The molecule has 5 nitrogen and oxygen atoms in total. The van der Waals surface area contributed by atoms with E-state index in [-0.39, 0.29) is 30.2 Å². The SMILES string of the molecule is O=C(Cn1ccccc1=O)N[C@@H]1[C@@H](Cc2ccccc2)[C@H]2OCC[C@@H]12. The van der Waals surface area contributed by atoms with Gasteiger partial charge >= 0.3 is 0 Å². The number of ether oxygens (including phenoxy) is 1. The molecule has 1 aromatic carbocycles. The van der Waals surface area contributed by atoms with Gasteiger partial charge in [0.1, 0.15) is 6.54 Å². The second-order valence-corrected chi connectivity index (χ2v) is 6.90. The summed E-state index contributed by atoms with van der Waals surface area (Å²) in [7, 11) is 0. The lowest BCUT2D eigenvalue weighted by atomic mass is 9.64. The standard InChI is InChI=1S/C20H22N2O3/c23-17(13-22-10-5-4-8-18(22)24)21-19-15-9-11-25-20(15)16(19)12-14-6-2-1-3-7-14/h1-8,10,15-16,19-20H,9,11-13H2,(H,21,23)/t15-,16+,19-,20-/m0/s1. The van der Waals surface area contributed by atoms with Gasteiger partial charge in [0.2, 0.25) is 5.91 Å². The number of carbonyl (C=O) groups excluding carboxylic acids is 1. The Morgan fingerprint density at radius 2 is 1.96 bits per heavy atom. The molecule has 1 saturated carbocycles. The predicted octanol–water partition coefficient (Wildman–Crippen LogP) is 1.61. The minimum absolute atomic E-state index is 0.0620. The van der Waals surface area contributed by atoms with E-state index in [1.54, 1.807) is 18.3 Å². The smallest absolute Gasteiger partial charge is 0.250 e. The van der Waals surface area contributed by atoms with Crippen LogP contribution in [0.3, 0.4) is 0 Å². The molecule has 2 heterocycles. The van der Waals surface area contributed by atoms with Crippen LogP contribution in [0, 0.1) is 11.8 Å². The number of hydrogen-bond acceptors (Lipinski definition) is 3. The maximum atomic E-state index is 12.4. The van der Waals surface area contributed by atoms with E-state index in [1.807, 2.05) is 18.2 Å². The van der Waals surface area contributed by atoms with Crippen LogP contribution in [0.5, 0.6) is 0 Å². The Balaban J connectivity index is 1.43. The van der Waals surface area contributed by atoms with Gasteiger partial charge in [-0.2, -0.15) is 0 Å². The fourth-order valence-corrected chi connectivity index (χ4v) is 4.15. The van der Waals surface area contributed by atoms with Crippen molar-refractivity contribution in [2.24, 2.45) is 11.8 Å². The highest BCUT2D eigenvalue weighted by Gasteiger charge is 2.53. The largest absolute Gasteiger partial charge is 0.377 e. The summed E-state index contributed by atoms with van der Waals surface area (Å²) < 4.78 is 7.31. The summed E-state index contributed by atoms with van der Waals surface area (Å²) in [5.41, 5.74) is 1.11. The van der Waals surface area contributed by atoms with Crippen LogP contribution < -0.4 is 10.9 Å². The zero-order chi connectivity index (χ0) is 17.2. The molecule has 1 N–H and O–H groups in total. The van der Waals surface area contributed by atoms with Crippen molar-refractivity contribution in [2.75, 3.05) is 6.61 Å². The highest BCUT2D eigenvalue weighted by molar-refractivity contribution is 5.76. The summed E-state index contributed by atoms with van der Waals surface area (Å²) in [6.07, 6.45) is 3.78. The molecule has 2 aliphatic rings. The monoisotopic (exact) mass is 338 g/mol. The summed E-state index contributed by atoms with van der Waals surface area (Å²) >= 11 is 0. The summed E-state index contributed by atoms with van der Waals surface area (Å²) in [5, 5.41) is 3.16. The first-order valence-corrected chi connectivity index (χ1v) is 8.83. The predicted molar refractivity (Wildman–Crippen MR) is 94.1 cm³/mol. The molecule has 5 heteroatoms. The minimum atomic E-state index is -0.158. The fourth-order valence-electron chi connectivity index (χ4n) is 4.15. The van der Waals surface area contributed by atoms with Crippen molar-refractivity contribution in [3.63, 3.8) is 0 Å². The molecule has 0 radical (unpaired) electrons. The molecule has 0 unspecified atom stereocenters. The topological polar surface area (TPSA) is 60.3 Å². The first kappa shape index (κ1) is 16.1. The lowest BCUT2D eigenvalue weighted by Crippen LogP contribution is -2.62. The molecule has 2 aromatic rings. The zero-order valence-corrected chi connectivity index (χ0v) is 14.0. The van der Waals surface area contributed by atoms with E-state index in [0.29, 0.717) is 11.8 Å². The van der Waals surface area contributed by atoms with Crippen LogP contribution in [0.1, 0.15) is 12.0 Å². The number of carbonyl (C=O) groups is 1. The molecule has 1 saturated heterocycles. The van der Waals surface area contributed by atoms with E-state index < -0.39 is 0 Å². The Morgan fingerprint density at radius 1 is 1.16 bits per heavy atom. The van der Waals surface area contributed by atoms with Crippen LogP contribution in [-0.2, 0) is 22.5 Å². The molecule has 0 spiro atoms. The van der Waals surface area contributed by atoms with Crippen molar-refractivity contribution in [1.82, 2.24) is 9.88 Å². The third-order valence-corrected chi connectivity index (χ3v) is 5.38. The van der Waals surface area contributed by atoms with E-state index in [1.165, 1.54) is 16.2 Å². The second-order valence-electron chi connectivity index (χ2n) is 6.90. The van der Waals surface area contributed by atoms with E-state index >= 15 is 0 Å². The Morgan fingerprint density at radius 3 is 2.76 bits per heavy atom. The number of rotatable bonds is 5. The van der Waals surface area contributed by atoms with Crippen LogP contribution in [0.4, 0.5) is 0 Å². The van der Waals surface area contributed by atoms with E-state index in [0.717, 1.165) is 19.4 Å². The molecule has 25 heavy (non-hydrogen) atoms. The van der Waals surface area contributed by atoms with Crippen LogP contribution >= 0.6 is 0 Å². The van der Waals surface area contributed by atoms with Gasteiger partial charge in [-0.1, -0.05) is 36.4 Å². The molecule has 4 rings (SSSR count). The van der Waals surface area contributed by atoms with Crippen molar-refractivity contribution >= 4 is 5.91 Å². The maximum Gasteiger partial charge on any atom is 0.250 e. The van der Waals surface area contributed by atoms with Crippen molar-refractivity contribution in [3.05, 3.63) is 70.6 Å². The molecular weight excluding hydrogens is 316 g/mol. The van der Waals surface area contributed by atoms with Gasteiger partial charge in [0.15, 0.2) is 0 Å². The van der Waals surface area contributed by atoms with Gasteiger partial charge in [-0.25, -0.2) is 0 Å². The number of amides is 1. The average molecular weight is 338 g/mol. The van der Waals surface area contributed by atoms with Crippen LogP contribution in [-0.4, -0.2) is 29.2 Å². The second kappa shape index (κ2) is 6.84. The Labute approximate surface area is 146 Å².